The largest absolute Gasteiger partial charge is 0.467 e. The van der Waals surface area contributed by atoms with Gasteiger partial charge in [-0.15, -0.1) is 0 Å². The zero-order valence-corrected chi connectivity index (χ0v) is 13.0. The lowest BCUT2D eigenvalue weighted by atomic mass is 10.0. The van der Waals surface area contributed by atoms with E-state index in [0.29, 0.717) is 25.5 Å². The molecule has 0 spiro atoms. The van der Waals surface area contributed by atoms with Gasteiger partial charge in [-0.05, 0) is 18.1 Å². The average molecular weight is 313 g/mol. The maximum atomic E-state index is 12.8. The molecule has 0 radical (unpaired) electrons. The molecule has 1 atom stereocenters. The number of morpholine rings is 1. The molecular weight excluding hydrogens is 294 g/mol. The minimum atomic E-state index is -0.116. The molecule has 1 amide bonds. The monoisotopic (exact) mass is 313 g/mol. The summed E-state index contributed by atoms with van der Waals surface area (Å²) in [4.78, 5) is 22.7. The predicted molar refractivity (Wildman–Crippen MR) is 84.4 cm³/mol. The maximum Gasteiger partial charge on any atom is 0.316 e. The molecule has 1 aliphatic heterocycles. The second-order valence-corrected chi connectivity index (χ2v) is 5.35. The lowest BCUT2D eigenvalue weighted by Crippen LogP contribution is -2.50. The van der Waals surface area contributed by atoms with E-state index in [1.807, 2.05) is 23.1 Å². The summed E-state index contributed by atoms with van der Waals surface area (Å²) in [6, 6.07) is 11.9. The van der Waals surface area contributed by atoms with Crippen molar-refractivity contribution >= 4 is 5.91 Å². The molecule has 1 aromatic carbocycles. The molecule has 0 saturated carbocycles. The van der Waals surface area contributed by atoms with Crippen LogP contribution in [-0.2, 0) is 11.2 Å². The second-order valence-electron chi connectivity index (χ2n) is 5.35. The lowest BCUT2D eigenvalue weighted by molar-refractivity contribution is -0.00199. The Hall–Kier alpha value is -2.47. The van der Waals surface area contributed by atoms with Crippen molar-refractivity contribution in [3.05, 3.63) is 53.9 Å². The summed E-state index contributed by atoms with van der Waals surface area (Å²) in [6.07, 6.45) is 2.29. The first-order valence-corrected chi connectivity index (χ1v) is 7.57. The van der Waals surface area contributed by atoms with Crippen LogP contribution in [-0.4, -0.2) is 53.7 Å². The number of methoxy groups -OCH3 is 1. The summed E-state index contributed by atoms with van der Waals surface area (Å²) < 4.78 is 10.6. The molecule has 2 heterocycles. The highest BCUT2D eigenvalue weighted by Gasteiger charge is 2.29. The van der Waals surface area contributed by atoms with Gasteiger partial charge in [-0.2, -0.15) is 4.98 Å². The summed E-state index contributed by atoms with van der Waals surface area (Å²) in [5.41, 5.74) is 1.53. The standard InChI is InChI=1S/C17H19N3O3/c1-22-17-18-8-7-15(19-17)16(21)20-9-10-23-12-14(20)11-13-5-3-2-4-6-13/h2-8,14H,9-12H2,1H3. The zero-order valence-electron chi connectivity index (χ0n) is 13.0. The van der Waals surface area contributed by atoms with Crippen LogP contribution >= 0.6 is 0 Å². The van der Waals surface area contributed by atoms with Crippen LogP contribution in [0.3, 0.4) is 0 Å². The quantitative estimate of drug-likeness (QED) is 0.857. The normalized spacial score (nSPS) is 17.8. The van der Waals surface area contributed by atoms with Crippen molar-refractivity contribution in [3.8, 4) is 6.01 Å². The SMILES string of the molecule is COc1nccc(C(=O)N2CCOCC2Cc2ccccc2)n1. The van der Waals surface area contributed by atoms with Crippen LogP contribution in [0.15, 0.2) is 42.6 Å². The molecule has 2 aromatic rings. The molecule has 120 valence electrons. The number of hydrogen-bond acceptors (Lipinski definition) is 5. The van der Waals surface area contributed by atoms with Crippen molar-refractivity contribution in [1.29, 1.82) is 0 Å². The molecule has 0 aliphatic carbocycles. The van der Waals surface area contributed by atoms with E-state index in [2.05, 4.69) is 22.1 Å². The Morgan fingerprint density at radius 2 is 2.17 bits per heavy atom. The third-order valence-corrected chi connectivity index (χ3v) is 3.84. The van der Waals surface area contributed by atoms with E-state index < -0.39 is 0 Å². The Morgan fingerprint density at radius 1 is 1.35 bits per heavy atom. The van der Waals surface area contributed by atoms with Crippen molar-refractivity contribution in [2.45, 2.75) is 12.5 Å². The van der Waals surface area contributed by atoms with E-state index >= 15 is 0 Å². The lowest BCUT2D eigenvalue weighted by Gasteiger charge is -2.35. The van der Waals surface area contributed by atoms with Gasteiger partial charge in [0, 0.05) is 12.7 Å². The summed E-state index contributed by atoms with van der Waals surface area (Å²) >= 11 is 0. The van der Waals surface area contributed by atoms with E-state index in [0.717, 1.165) is 6.42 Å². The molecule has 3 rings (SSSR count). The molecule has 1 aliphatic rings. The van der Waals surface area contributed by atoms with Crippen LogP contribution in [0, 0.1) is 0 Å². The van der Waals surface area contributed by atoms with E-state index in [4.69, 9.17) is 9.47 Å². The molecule has 0 bridgehead atoms. The van der Waals surface area contributed by atoms with Gasteiger partial charge in [-0.1, -0.05) is 30.3 Å². The Morgan fingerprint density at radius 3 is 2.96 bits per heavy atom. The third kappa shape index (κ3) is 3.65. The highest BCUT2D eigenvalue weighted by atomic mass is 16.5. The van der Waals surface area contributed by atoms with Crippen LogP contribution in [0.5, 0.6) is 6.01 Å². The fourth-order valence-electron chi connectivity index (χ4n) is 2.68. The third-order valence-electron chi connectivity index (χ3n) is 3.84. The van der Waals surface area contributed by atoms with Gasteiger partial charge >= 0.3 is 6.01 Å². The number of carbonyl (C=O) groups is 1. The summed E-state index contributed by atoms with van der Waals surface area (Å²) in [7, 11) is 1.48. The van der Waals surface area contributed by atoms with Crippen molar-refractivity contribution < 1.29 is 14.3 Å². The number of benzene rings is 1. The van der Waals surface area contributed by atoms with Gasteiger partial charge in [0.05, 0.1) is 26.4 Å². The van der Waals surface area contributed by atoms with E-state index in [1.165, 1.54) is 18.9 Å². The molecule has 1 fully saturated rings. The highest BCUT2D eigenvalue weighted by Crippen LogP contribution is 2.16. The first-order chi connectivity index (χ1) is 11.3. The summed E-state index contributed by atoms with van der Waals surface area (Å²) in [5.74, 6) is -0.116. The molecule has 0 N–H and O–H groups in total. The van der Waals surface area contributed by atoms with Gasteiger partial charge in [0.15, 0.2) is 0 Å². The van der Waals surface area contributed by atoms with Gasteiger partial charge in [0.1, 0.15) is 5.69 Å². The average Bonchev–Trinajstić information content (AvgIpc) is 2.62. The Balaban J connectivity index is 1.78. The number of ether oxygens (including phenoxy) is 2. The second kappa shape index (κ2) is 7.19. The molecule has 23 heavy (non-hydrogen) atoms. The van der Waals surface area contributed by atoms with E-state index in [-0.39, 0.29) is 18.0 Å². The van der Waals surface area contributed by atoms with E-state index in [9.17, 15) is 4.79 Å². The molecule has 1 saturated heterocycles. The van der Waals surface area contributed by atoms with E-state index in [1.54, 1.807) is 6.07 Å². The van der Waals surface area contributed by atoms with Crippen LogP contribution in [0.25, 0.3) is 0 Å². The Bertz CT molecular complexity index is 663. The molecule has 6 heteroatoms. The minimum Gasteiger partial charge on any atom is -0.467 e. The molecule has 1 unspecified atom stereocenters. The van der Waals surface area contributed by atoms with Crippen LogP contribution < -0.4 is 4.74 Å². The Labute approximate surface area is 135 Å². The first-order valence-electron chi connectivity index (χ1n) is 7.57. The van der Waals surface area contributed by atoms with Gasteiger partial charge in [-0.3, -0.25) is 4.79 Å². The molecule has 6 nitrogen and oxygen atoms in total. The number of nitrogens with zero attached hydrogens (tertiary/aromatic N) is 3. The number of rotatable bonds is 4. The van der Waals surface area contributed by atoms with Gasteiger partial charge in [0.2, 0.25) is 0 Å². The summed E-state index contributed by atoms with van der Waals surface area (Å²) in [5, 5.41) is 0. The number of aromatic nitrogens is 2. The first kappa shape index (κ1) is 15.4. The van der Waals surface area contributed by atoms with Crippen molar-refractivity contribution in [2.24, 2.45) is 0 Å². The number of hydrogen-bond donors (Lipinski definition) is 0. The fourth-order valence-corrected chi connectivity index (χ4v) is 2.68. The van der Waals surface area contributed by atoms with Crippen LogP contribution in [0.2, 0.25) is 0 Å². The van der Waals surface area contributed by atoms with Crippen molar-refractivity contribution in [3.63, 3.8) is 0 Å². The van der Waals surface area contributed by atoms with Gasteiger partial charge in [-0.25, -0.2) is 4.98 Å². The topological polar surface area (TPSA) is 64.5 Å². The zero-order chi connectivity index (χ0) is 16.1. The smallest absolute Gasteiger partial charge is 0.316 e. The van der Waals surface area contributed by atoms with Crippen molar-refractivity contribution in [1.82, 2.24) is 14.9 Å². The molecule has 1 aromatic heterocycles. The maximum absolute atomic E-state index is 12.8. The summed E-state index contributed by atoms with van der Waals surface area (Å²) in [6.45, 7) is 1.63. The van der Waals surface area contributed by atoms with Crippen molar-refractivity contribution in [2.75, 3.05) is 26.9 Å². The van der Waals surface area contributed by atoms with Crippen LogP contribution in [0.1, 0.15) is 16.1 Å². The highest BCUT2D eigenvalue weighted by molar-refractivity contribution is 5.92. The molecular formula is C17H19N3O3. The van der Waals surface area contributed by atoms with Gasteiger partial charge < -0.3 is 14.4 Å². The fraction of sp³-hybridized carbons (Fsp3) is 0.353. The van der Waals surface area contributed by atoms with Gasteiger partial charge in [0.25, 0.3) is 5.91 Å². The van der Waals surface area contributed by atoms with Crippen LogP contribution in [0.4, 0.5) is 0 Å². The number of carbonyl (C=O) groups excluding carboxylic acids is 1. The Kier molecular flexibility index (Phi) is 4.83. The minimum absolute atomic E-state index is 0.000361. The number of amides is 1. The predicted octanol–water partition coefficient (Wildman–Crippen LogP) is 1.57.